The van der Waals surface area contributed by atoms with Crippen LogP contribution in [-0.4, -0.2) is 24.0 Å². The molecule has 2 heterocycles. The molecule has 0 radical (unpaired) electrons. The maximum Gasteiger partial charge on any atom is 0.251 e. The average Bonchev–Trinajstić information content (AvgIpc) is 3.28. The molecule has 0 atom stereocenters. The molecule has 1 saturated heterocycles. The van der Waals surface area contributed by atoms with Crippen LogP contribution < -0.4 is 10.2 Å². The van der Waals surface area contributed by atoms with E-state index in [1.54, 1.807) is 0 Å². The van der Waals surface area contributed by atoms with Crippen LogP contribution in [0.5, 0.6) is 0 Å². The van der Waals surface area contributed by atoms with Gasteiger partial charge in [0, 0.05) is 31.4 Å². The molecule has 1 aliphatic rings. The molecule has 0 bridgehead atoms. The Morgan fingerprint density at radius 1 is 0.926 bits per heavy atom. The minimum absolute atomic E-state index is 0.0610. The van der Waals surface area contributed by atoms with E-state index in [2.05, 4.69) is 33.4 Å². The molecule has 1 N–H and O–H groups in total. The van der Waals surface area contributed by atoms with Gasteiger partial charge >= 0.3 is 0 Å². The zero-order valence-electron chi connectivity index (χ0n) is 15.3. The predicted molar refractivity (Wildman–Crippen MR) is 109 cm³/mol. The van der Waals surface area contributed by atoms with Gasteiger partial charge in [0.1, 0.15) is 5.82 Å². The summed E-state index contributed by atoms with van der Waals surface area (Å²) in [6.45, 7) is 2.63. The van der Waals surface area contributed by atoms with E-state index >= 15 is 0 Å². The fourth-order valence-electron chi connectivity index (χ4n) is 3.42. The summed E-state index contributed by atoms with van der Waals surface area (Å²) in [5.41, 5.74) is 4.00. The average molecular weight is 357 g/mol. The van der Waals surface area contributed by atoms with Crippen LogP contribution in [0.4, 0.5) is 5.82 Å². The minimum atomic E-state index is -0.0610. The summed E-state index contributed by atoms with van der Waals surface area (Å²) in [4.78, 5) is 19.2. The Morgan fingerprint density at radius 3 is 2.37 bits per heavy atom. The van der Waals surface area contributed by atoms with Crippen molar-refractivity contribution in [2.75, 3.05) is 18.0 Å². The Labute approximate surface area is 159 Å². The SMILES string of the molecule is O=C(NCc1ccnc(N2CCCC2)c1)c1ccc(-c2ccccc2)cc1. The van der Waals surface area contributed by atoms with E-state index in [1.165, 1.54) is 12.8 Å². The lowest BCUT2D eigenvalue weighted by Gasteiger charge is -2.17. The van der Waals surface area contributed by atoms with Gasteiger partial charge in [-0.1, -0.05) is 42.5 Å². The molecule has 2 aromatic carbocycles. The van der Waals surface area contributed by atoms with Crippen LogP contribution in [0.15, 0.2) is 72.9 Å². The number of aromatic nitrogens is 1. The number of amides is 1. The van der Waals surface area contributed by atoms with Gasteiger partial charge in [0.25, 0.3) is 5.91 Å². The number of nitrogens with one attached hydrogen (secondary N) is 1. The van der Waals surface area contributed by atoms with E-state index in [0.717, 1.165) is 35.6 Å². The normalized spacial score (nSPS) is 13.6. The predicted octanol–water partition coefficient (Wildman–Crippen LogP) is 4.28. The van der Waals surface area contributed by atoms with Crippen molar-refractivity contribution >= 4 is 11.7 Å². The Morgan fingerprint density at radius 2 is 1.63 bits per heavy atom. The second-order valence-corrected chi connectivity index (χ2v) is 6.84. The number of hydrogen-bond donors (Lipinski definition) is 1. The van der Waals surface area contributed by atoms with Gasteiger partial charge in [-0.15, -0.1) is 0 Å². The second kappa shape index (κ2) is 8.04. The standard InChI is InChI=1S/C23H23N3O/c27-23(21-10-8-20(9-11-21)19-6-2-1-3-7-19)25-17-18-12-13-24-22(16-18)26-14-4-5-15-26/h1-3,6-13,16H,4-5,14-15,17H2,(H,25,27). The molecule has 0 unspecified atom stereocenters. The van der Waals surface area contributed by atoms with E-state index in [0.29, 0.717) is 12.1 Å². The molecule has 4 nitrogen and oxygen atoms in total. The molecule has 1 aliphatic heterocycles. The zero-order chi connectivity index (χ0) is 18.5. The highest BCUT2D eigenvalue weighted by Crippen LogP contribution is 2.20. The first-order valence-corrected chi connectivity index (χ1v) is 9.43. The van der Waals surface area contributed by atoms with Crippen LogP contribution in [0.1, 0.15) is 28.8 Å². The minimum Gasteiger partial charge on any atom is -0.357 e. The van der Waals surface area contributed by atoms with E-state index in [4.69, 9.17) is 0 Å². The summed E-state index contributed by atoms with van der Waals surface area (Å²) in [5, 5.41) is 3.01. The van der Waals surface area contributed by atoms with E-state index in [1.807, 2.05) is 54.7 Å². The molecule has 4 rings (SSSR count). The molecule has 0 saturated carbocycles. The molecule has 3 aromatic rings. The highest BCUT2D eigenvalue weighted by atomic mass is 16.1. The van der Waals surface area contributed by atoms with E-state index in [9.17, 15) is 4.79 Å². The maximum atomic E-state index is 12.5. The molecule has 136 valence electrons. The molecular weight excluding hydrogens is 334 g/mol. The third-order valence-corrected chi connectivity index (χ3v) is 4.95. The Kier molecular flexibility index (Phi) is 5.15. The first-order valence-electron chi connectivity index (χ1n) is 9.43. The maximum absolute atomic E-state index is 12.5. The van der Waals surface area contributed by atoms with Gasteiger partial charge in [-0.2, -0.15) is 0 Å². The van der Waals surface area contributed by atoms with Gasteiger partial charge in [0.15, 0.2) is 0 Å². The topological polar surface area (TPSA) is 45.2 Å². The van der Waals surface area contributed by atoms with Gasteiger partial charge in [0.05, 0.1) is 0 Å². The number of benzene rings is 2. The lowest BCUT2D eigenvalue weighted by Crippen LogP contribution is -2.23. The van der Waals surface area contributed by atoms with Gasteiger partial charge < -0.3 is 10.2 Å². The Bertz CT molecular complexity index is 900. The van der Waals surface area contributed by atoms with Crippen LogP contribution in [0.2, 0.25) is 0 Å². The van der Waals surface area contributed by atoms with Crippen molar-refractivity contribution in [2.24, 2.45) is 0 Å². The Hall–Kier alpha value is -3.14. The molecule has 0 spiro atoms. The first kappa shape index (κ1) is 17.3. The molecule has 1 fully saturated rings. The molecule has 1 amide bonds. The lowest BCUT2D eigenvalue weighted by atomic mass is 10.0. The van der Waals surface area contributed by atoms with Crippen molar-refractivity contribution in [1.29, 1.82) is 0 Å². The molecular formula is C23H23N3O. The largest absolute Gasteiger partial charge is 0.357 e. The van der Waals surface area contributed by atoms with Gasteiger partial charge in [-0.25, -0.2) is 4.98 Å². The number of carbonyl (C=O) groups excluding carboxylic acids is 1. The van der Waals surface area contributed by atoms with E-state index in [-0.39, 0.29) is 5.91 Å². The molecule has 4 heteroatoms. The lowest BCUT2D eigenvalue weighted by molar-refractivity contribution is 0.0951. The number of nitrogens with zero attached hydrogens (tertiary/aromatic N) is 2. The molecule has 27 heavy (non-hydrogen) atoms. The summed E-state index contributed by atoms with van der Waals surface area (Å²) >= 11 is 0. The quantitative estimate of drug-likeness (QED) is 0.741. The van der Waals surface area contributed by atoms with Crippen molar-refractivity contribution in [3.63, 3.8) is 0 Å². The van der Waals surface area contributed by atoms with Gasteiger partial charge in [-0.3, -0.25) is 4.79 Å². The van der Waals surface area contributed by atoms with Crippen molar-refractivity contribution in [2.45, 2.75) is 19.4 Å². The number of hydrogen-bond acceptors (Lipinski definition) is 3. The third kappa shape index (κ3) is 4.17. The third-order valence-electron chi connectivity index (χ3n) is 4.95. The van der Waals surface area contributed by atoms with E-state index < -0.39 is 0 Å². The monoisotopic (exact) mass is 357 g/mol. The van der Waals surface area contributed by atoms with Crippen molar-refractivity contribution < 1.29 is 4.79 Å². The summed E-state index contributed by atoms with van der Waals surface area (Å²) in [5.74, 6) is 0.945. The number of rotatable bonds is 5. The number of carbonyl (C=O) groups is 1. The zero-order valence-corrected chi connectivity index (χ0v) is 15.3. The van der Waals surface area contributed by atoms with Gasteiger partial charge in [0.2, 0.25) is 0 Å². The highest BCUT2D eigenvalue weighted by molar-refractivity contribution is 5.94. The second-order valence-electron chi connectivity index (χ2n) is 6.84. The smallest absolute Gasteiger partial charge is 0.251 e. The number of pyridine rings is 1. The summed E-state index contributed by atoms with van der Waals surface area (Å²) in [6.07, 6.45) is 4.27. The van der Waals surface area contributed by atoms with Crippen molar-refractivity contribution in [1.82, 2.24) is 10.3 Å². The summed E-state index contributed by atoms with van der Waals surface area (Å²) in [7, 11) is 0. The van der Waals surface area contributed by atoms with Crippen LogP contribution >= 0.6 is 0 Å². The van der Waals surface area contributed by atoms with Gasteiger partial charge in [-0.05, 0) is 53.8 Å². The van der Waals surface area contributed by atoms with Crippen LogP contribution in [0.25, 0.3) is 11.1 Å². The molecule has 1 aromatic heterocycles. The van der Waals surface area contributed by atoms with Crippen LogP contribution in [0.3, 0.4) is 0 Å². The first-order chi connectivity index (χ1) is 13.3. The molecule has 0 aliphatic carbocycles. The fraction of sp³-hybridized carbons (Fsp3) is 0.217. The van der Waals surface area contributed by atoms with Crippen molar-refractivity contribution in [3.8, 4) is 11.1 Å². The Balaban J connectivity index is 1.39. The van der Waals surface area contributed by atoms with Crippen LogP contribution in [-0.2, 0) is 6.54 Å². The summed E-state index contributed by atoms with van der Waals surface area (Å²) < 4.78 is 0. The fourth-order valence-corrected chi connectivity index (χ4v) is 3.42. The summed E-state index contributed by atoms with van der Waals surface area (Å²) in [6, 6.07) is 21.9. The van der Waals surface area contributed by atoms with Crippen LogP contribution in [0, 0.1) is 0 Å². The highest BCUT2D eigenvalue weighted by Gasteiger charge is 2.14. The number of anilines is 1. The van der Waals surface area contributed by atoms with Crippen molar-refractivity contribution in [3.05, 3.63) is 84.1 Å².